The Bertz CT molecular complexity index is 1600. The highest BCUT2D eigenvalue weighted by Crippen LogP contribution is 2.47. The summed E-state index contributed by atoms with van der Waals surface area (Å²) in [6, 6.07) is 13.2. The first-order chi connectivity index (χ1) is 21.8. The SMILES string of the molecule is CC(C)(C)OC(=O)COc1c(C(=O)OC(C)(C)C)sc(-c2cccc(NC3CCN(SCc4cccc(N)c4F)C(C)(C)C3)c2)c1Cl. The van der Waals surface area contributed by atoms with Crippen LogP contribution in [0.1, 0.15) is 83.5 Å². The molecular formula is C35H45ClFN3O5S2. The second-order valence-corrected chi connectivity index (χ2v) is 16.6. The Kier molecular flexibility index (Phi) is 11.5. The van der Waals surface area contributed by atoms with Crippen LogP contribution in [-0.2, 0) is 20.0 Å². The van der Waals surface area contributed by atoms with E-state index in [9.17, 15) is 14.0 Å². The van der Waals surface area contributed by atoms with Crippen molar-refractivity contribution in [3.63, 3.8) is 0 Å². The first kappa shape index (κ1) is 36.8. The number of nitrogens with one attached hydrogen (secondary N) is 1. The number of nitrogens with zero attached hydrogens (tertiary/aromatic N) is 1. The molecule has 8 nitrogen and oxygen atoms in total. The lowest BCUT2D eigenvalue weighted by Crippen LogP contribution is -2.49. The van der Waals surface area contributed by atoms with Gasteiger partial charge >= 0.3 is 11.9 Å². The van der Waals surface area contributed by atoms with E-state index in [1.807, 2.05) is 24.3 Å². The van der Waals surface area contributed by atoms with E-state index < -0.39 is 29.7 Å². The van der Waals surface area contributed by atoms with E-state index in [-0.39, 0.29) is 38.7 Å². The van der Waals surface area contributed by atoms with Crippen LogP contribution in [0.3, 0.4) is 0 Å². The van der Waals surface area contributed by atoms with Gasteiger partial charge in [0.2, 0.25) is 0 Å². The maximum Gasteiger partial charge on any atom is 0.352 e. The molecule has 1 aliphatic heterocycles. The number of carbonyl (C=O) groups excluding carboxylic acids is 2. The zero-order valence-electron chi connectivity index (χ0n) is 28.3. The van der Waals surface area contributed by atoms with E-state index in [0.29, 0.717) is 16.2 Å². The van der Waals surface area contributed by atoms with E-state index in [1.54, 1.807) is 71.7 Å². The molecule has 4 rings (SSSR count). The van der Waals surface area contributed by atoms with Crippen LogP contribution >= 0.6 is 34.9 Å². The number of hydrogen-bond acceptors (Lipinski definition) is 10. The van der Waals surface area contributed by atoms with Gasteiger partial charge in [0, 0.05) is 35.1 Å². The summed E-state index contributed by atoms with van der Waals surface area (Å²) < 4.78 is 33.6. The van der Waals surface area contributed by atoms with Crippen LogP contribution in [-0.4, -0.2) is 52.2 Å². The molecule has 47 heavy (non-hydrogen) atoms. The molecule has 1 unspecified atom stereocenters. The van der Waals surface area contributed by atoms with Gasteiger partial charge in [-0.25, -0.2) is 18.3 Å². The number of nitrogen functional groups attached to an aromatic ring is 1. The summed E-state index contributed by atoms with van der Waals surface area (Å²) in [7, 11) is 0. The number of esters is 2. The number of hydrogen-bond donors (Lipinski definition) is 2. The van der Waals surface area contributed by atoms with Gasteiger partial charge in [-0.2, -0.15) is 0 Å². The summed E-state index contributed by atoms with van der Waals surface area (Å²) >= 11 is 9.64. The number of ether oxygens (including phenoxy) is 3. The van der Waals surface area contributed by atoms with Gasteiger partial charge in [0.05, 0.1) is 10.6 Å². The lowest BCUT2D eigenvalue weighted by molar-refractivity contribution is -0.157. The van der Waals surface area contributed by atoms with Gasteiger partial charge in [0.1, 0.15) is 22.0 Å². The molecule has 1 aromatic heterocycles. The van der Waals surface area contributed by atoms with E-state index in [1.165, 1.54) is 0 Å². The summed E-state index contributed by atoms with van der Waals surface area (Å²) in [5.41, 5.74) is 6.65. The number of nitrogens with two attached hydrogens (primary N) is 1. The van der Waals surface area contributed by atoms with Crippen molar-refractivity contribution < 1.29 is 28.2 Å². The van der Waals surface area contributed by atoms with Gasteiger partial charge in [-0.3, -0.25) is 0 Å². The Labute approximate surface area is 290 Å². The highest BCUT2D eigenvalue weighted by Gasteiger charge is 2.36. The predicted octanol–water partition coefficient (Wildman–Crippen LogP) is 8.97. The van der Waals surface area contributed by atoms with Gasteiger partial charge in [-0.05, 0) is 92.0 Å². The lowest BCUT2D eigenvalue weighted by atomic mass is 9.89. The smallest absolute Gasteiger partial charge is 0.352 e. The maximum atomic E-state index is 14.5. The minimum absolute atomic E-state index is 0.0924. The van der Waals surface area contributed by atoms with E-state index in [2.05, 4.69) is 23.5 Å². The third kappa shape index (κ3) is 10.0. The normalized spacial score (nSPS) is 16.9. The molecule has 0 radical (unpaired) electrons. The molecule has 2 aromatic carbocycles. The first-order valence-electron chi connectivity index (χ1n) is 15.5. The molecule has 3 N–H and O–H groups in total. The summed E-state index contributed by atoms with van der Waals surface area (Å²) in [6.45, 7) is 15.4. The van der Waals surface area contributed by atoms with Crippen molar-refractivity contribution in [3.05, 3.63) is 63.7 Å². The third-order valence-electron chi connectivity index (χ3n) is 7.23. The quantitative estimate of drug-likeness (QED) is 0.122. The number of rotatable bonds is 10. The molecule has 256 valence electrons. The van der Waals surface area contributed by atoms with Gasteiger partial charge in [0.15, 0.2) is 17.2 Å². The number of benzene rings is 2. The Morgan fingerprint density at radius 1 is 1.11 bits per heavy atom. The Hall–Kier alpha value is -2.99. The molecule has 0 amide bonds. The average molecular weight is 706 g/mol. The largest absolute Gasteiger partial charge is 0.479 e. The summed E-state index contributed by atoms with van der Waals surface area (Å²) in [6.07, 6.45) is 1.76. The molecule has 0 bridgehead atoms. The van der Waals surface area contributed by atoms with Crippen molar-refractivity contribution in [2.24, 2.45) is 0 Å². The van der Waals surface area contributed by atoms with E-state index in [0.717, 1.165) is 42.0 Å². The molecule has 1 aliphatic rings. The fourth-order valence-corrected chi connectivity index (χ4v) is 7.88. The van der Waals surface area contributed by atoms with Crippen LogP contribution in [0.2, 0.25) is 5.02 Å². The van der Waals surface area contributed by atoms with Crippen LogP contribution in [0.5, 0.6) is 5.75 Å². The van der Waals surface area contributed by atoms with Gasteiger partial charge < -0.3 is 25.3 Å². The number of piperidine rings is 1. The average Bonchev–Trinajstić information content (AvgIpc) is 3.27. The monoisotopic (exact) mass is 705 g/mol. The molecular weight excluding hydrogens is 661 g/mol. The highest BCUT2D eigenvalue weighted by atomic mass is 35.5. The molecule has 2 heterocycles. The Balaban J connectivity index is 1.49. The van der Waals surface area contributed by atoms with Crippen molar-refractivity contribution >= 4 is 58.2 Å². The van der Waals surface area contributed by atoms with E-state index >= 15 is 0 Å². The van der Waals surface area contributed by atoms with Crippen molar-refractivity contribution in [3.8, 4) is 16.2 Å². The van der Waals surface area contributed by atoms with Gasteiger partial charge in [-0.15, -0.1) is 11.3 Å². The van der Waals surface area contributed by atoms with Crippen molar-refractivity contribution in [1.82, 2.24) is 4.31 Å². The second-order valence-electron chi connectivity index (χ2n) is 14.2. The topological polar surface area (TPSA) is 103 Å². The molecule has 1 fully saturated rings. The zero-order valence-corrected chi connectivity index (χ0v) is 30.7. The van der Waals surface area contributed by atoms with Crippen LogP contribution in [0.25, 0.3) is 10.4 Å². The third-order valence-corrected chi connectivity index (χ3v) is 10.3. The summed E-state index contributed by atoms with van der Waals surface area (Å²) in [5, 5.41) is 3.90. The van der Waals surface area contributed by atoms with Crippen molar-refractivity contribution in [2.45, 2.75) is 96.8 Å². The highest BCUT2D eigenvalue weighted by molar-refractivity contribution is 7.96. The minimum atomic E-state index is -0.742. The van der Waals surface area contributed by atoms with Crippen LogP contribution in [0, 0.1) is 5.82 Å². The second kappa shape index (κ2) is 14.6. The number of halogens is 2. The fourth-order valence-electron chi connectivity index (χ4n) is 5.26. The summed E-state index contributed by atoms with van der Waals surface area (Å²) in [4.78, 5) is 26.4. The molecule has 0 spiro atoms. The predicted molar refractivity (Wildman–Crippen MR) is 191 cm³/mol. The summed E-state index contributed by atoms with van der Waals surface area (Å²) in [5.74, 6) is -0.909. The number of carbonyl (C=O) groups is 2. The van der Waals surface area contributed by atoms with Crippen molar-refractivity contribution in [1.29, 1.82) is 0 Å². The minimum Gasteiger partial charge on any atom is -0.479 e. The standard InChI is InChI=1S/C35H45ClFN3O5S2/c1-33(2,3)44-26(41)19-43-29-27(36)30(47-31(29)32(42)45-34(4,5)6)21-11-9-13-23(17-21)39-24-15-16-40(35(7,8)18-24)46-20-22-12-10-14-25(38)28(22)37/h9-14,17,24,39H,15-16,18-20,38H2,1-8H3. The van der Waals surface area contributed by atoms with Gasteiger partial charge in [0.25, 0.3) is 0 Å². The fraction of sp³-hybridized carbons (Fsp3) is 0.486. The molecule has 12 heteroatoms. The first-order valence-corrected chi connectivity index (χ1v) is 17.7. The molecule has 0 aliphatic carbocycles. The Morgan fingerprint density at radius 3 is 2.45 bits per heavy atom. The lowest BCUT2D eigenvalue weighted by Gasteiger charge is -2.45. The van der Waals surface area contributed by atoms with E-state index in [4.69, 9.17) is 31.5 Å². The number of anilines is 2. The van der Waals surface area contributed by atoms with Crippen LogP contribution < -0.4 is 15.8 Å². The van der Waals surface area contributed by atoms with Gasteiger partial charge in [-0.1, -0.05) is 47.8 Å². The maximum absolute atomic E-state index is 14.5. The molecule has 3 aromatic rings. The zero-order chi connectivity index (χ0) is 34.7. The molecule has 0 saturated carbocycles. The number of thiophene rings is 1. The molecule has 1 atom stereocenters. The molecule has 1 saturated heterocycles. The van der Waals surface area contributed by atoms with Crippen LogP contribution in [0.15, 0.2) is 42.5 Å². The van der Waals surface area contributed by atoms with Crippen LogP contribution in [0.4, 0.5) is 15.8 Å². The Morgan fingerprint density at radius 2 is 1.79 bits per heavy atom. The van der Waals surface area contributed by atoms with Crippen molar-refractivity contribution in [2.75, 3.05) is 24.2 Å².